The summed E-state index contributed by atoms with van der Waals surface area (Å²) in [6.07, 6.45) is 8.33. The van der Waals surface area contributed by atoms with E-state index in [1.165, 1.54) is 0 Å². The quantitative estimate of drug-likeness (QED) is 0.606. The molecule has 2 atom stereocenters. The molecule has 0 bridgehead atoms. The van der Waals surface area contributed by atoms with Crippen LogP contribution in [0.1, 0.15) is 39.5 Å². The third-order valence-corrected chi connectivity index (χ3v) is 2.85. The third kappa shape index (κ3) is 1.64. The number of aliphatic hydroxyl groups is 1. The standard InChI is InChI=1S/C10H18O/c1-3-9-7-5-6-8-10(9,11)4-2/h6,8-9,11H,3-5,7H2,1-2H3. The summed E-state index contributed by atoms with van der Waals surface area (Å²) in [5.74, 6) is 0.484. The normalized spacial score (nSPS) is 37.5. The van der Waals surface area contributed by atoms with Crippen LogP contribution in [0.3, 0.4) is 0 Å². The largest absolute Gasteiger partial charge is 0.386 e. The highest BCUT2D eigenvalue weighted by atomic mass is 16.3. The Morgan fingerprint density at radius 2 is 2.27 bits per heavy atom. The van der Waals surface area contributed by atoms with Crippen LogP contribution in [-0.4, -0.2) is 10.7 Å². The molecule has 0 heterocycles. The minimum atomic E-state index is -0.493. The van der Waals surface area contributed by atoms with Crippen LogP contribution in [0.2, 0.25) is 0 Å². The molecule has 11 heavy (non-hydrogen) atoms. The van der Waals surface area contributed by atoms with Gasteiger partial charge in [0.25, 0.3) is 0 Å². The van der Waals surface area contributed by atoms with Gasteiger partial charge in [-0.25, -0.2) is 0 Å². The SMILES string of the molecule is CCC1CCC=CC1(O)CC. The van der Waals surface area contributed by atoms with Crippen LogP contribution < -0.4 is 0 Å². The van der Waals surface area contributed by atoms with Crippen molar-refractivity contribution in [1.82, 2.24) is 0 Å². The number of rotatable bonds is 2. The lowest BCUT2D eigenvalue weighted by Crippen LogP contribution is -2.36. The second-order valence-electron chi connectivity index (χ2n) is 3.43. The molecule has 0 aliphatic heterocycles. The number of allylic oxidation sites excluding steroid dienone is 1. The number of hydrogen-bond acceptors (Lipinski definition) is 1. The molecule has 1 rings (SSSR count). The van der Waals surface area contributed by atoms with Crippen molar-refractivity contribution in [1.29, 1.82) is 0 Å². The summed E-state index contributed by atoms with van der Waals surface area (Å²) in [4.78, 5) is 0. The van der Waals surface area contributed by atoms with Crippen LogP contribution in [0.25, 0.3) is 0 Å². The van der Waals surface area contributed by atoms with Crippen LogP contribution in [0.15, 0.2) is 12.2 Å². The first-order valence-electron chi connectivity index (χ1n) is 4.63. The van der Waals surface area contributed by atoms with Crippen molar-refractivity contribution < 1.29 is 5.11 Å². The molecule has 1 aliphatic carbocycles. The molecule has 0 amide bonds. The molecule has 0 fully saturated rings. The van der Waals surface area contributed by atoms with Gasteiger partial charge >= 0.3 is 0 Å². The Hall–Kier alpha value is -0.300. The van der Waals surface area contributed by atoms with Crippen LogP contribution in [0.4, 0.5) is 0 Å². The van der Waals surface area contributed by atoms with Gasteiger partial charge in [0, 0.05) is 0 Å². The Morgan fingerprint density at radius 1 is 1.55 bits per heavy atom. The van der Waals surface area contributed by atoms with Crippen molar-refractivity contribution in [2.45, 2.75) is 45.1 Å². The van der Waals surface area contributed by atoms with Gasteiger partial charge in [-0.3, -0.25) is 0 Å². The van der Waals surface area contributed by atoms with E-state index in [0.717, 1.165) is 25.7 Å². The van der Waals surface area contributed by atoms with Crippen molar-refractivity contribution in [2.75, 3.05) is 0 Å². The maximum Gasteiger partial charge on any atom is 0.0853 e. The number of hydrogen-bond donors (Lipinski definition) is 1. The molecule has 1 nitrogen and oxygen atoms in total. The molecular formula is C10H18O. The lowest BCUT2D eigenvalue weighted by molar-refractivity contribution is 0.0134. The summed E-state index contributed by atoms with van der Waals surface area (Å²) in [5.41, 5.74) is -0.493. The van der Waals surface area contributed by atoms with E-state index in [9.17, 15) is 5.11 Å². The van der Waals surface area contributed by atoms with Gasteiger partial charge in [-0.05, 0) is 25.2 Å². The van der Waals surface area contributed by atoms with Gasteiger partial charge in [-0.15, -0.1) is 0 Å². The summed E-state index contributed by atoms with van der Waals surface area (Å²) in [6.45, 7) is 4.21. The molecular weight excluding hydrogens is 136 g/mol. The molecule has 64 valence electrons. The van der Waals surface area contributed by atoms with Crippen molar-refractivity contribution in [3.05, 3.63) is 12.2 Å². The molecule has 1 aliphatic rings. The Balaban J connectivity index is 2.71. The van der Waals surface area contributed by atoms with Gasteiger partial charge < -0.3 is 5.11 Å². The smallest absolute Gasteiger partial charge is 0.0853 e. The molecule has 0 radical (unpaired) electrons. The van der Waals surface area contributed by atoms with Gasteiger partial charge in [-0.1, -0.05) is 32.4 Å². The molecule has 1 N–H and O–H groups in total. The highest BCUT2D eigenvalue weighted by molar-refractivity contribution is 5.07. The summed E-state index contributed by atoms with van der Waals surface area (Å²) in [5, 5.41) is 10.1. The Bertz CT molecular complexity index is 151. The van der Waals surface area contributed by atoms with Gasteiger partial charge in [0.15, 0.2) is 0 Å². The molecule has 2 unspecified atom stereocenters. The van der Waals surface area contributed by atoms with Gasteiger partial charge in [0.05, 0.1) is 5.60 Å². The van der Waals surface area contributed by atoms with Crippen molar-refractivity contribution in [3.63, 3.8) is 0 Å². The maximum atomic E-state index is 10.1. The highest BCUT2D eigenvalue weighted by Gasteiger charge is 2.32. The zero-order valence-corrected chi connectivity index (χ0v) is 7.51. The van der Waals surface area contributed by atoms with Crippen molar-refractivity contribution in [2.24, 2.45) is 5.92 Å². The minimum absolute atomic E-state index is 0.484. The summed E-state index contributed by atoms with van der Waals surface area (Å²) in [6, 6.07) is 0. The average molecular weight is 154 g/mol. The van der Waals surface area contributed by atoms with Crippen LogP contribution >= 0.6 is 0 Å². The van der Waals surface area contributed by atoms with E-state index in [2.05, 4.69) is 19.9 Å². The fraction of sp³-hybridized carbons (Fsp3) is 0.800. The van der Waals surface area contributed by atoms with Crippen LogP contribution in [-0.2, 0) is 0 Å². The Labute approximate surface area is 69.1 Å². The summed E-state index contributed by atoms with van der Waals surface area (Å²) >= 11 is 0. The van der Waals surface area contributed by atoms with Crippen molar-refractivity contribution >= 4 is 0 Å². The zero-order chi connectivity index (χ0) is 8.32. The second-order valence-corrected chi connectivity index (χ2v) is 3.43. The van der Waals surface area contributed by atoms with Gasteiger partial charge in [0.2, 0.25) is 0 Å². The summed E-state index contributed by atoms with van der Waals surface area (Å²) < 4.78 is 0. The Morgan fingerprint density at radius 3 is 2.73 bits per heavy atom. The van der Waals surface area contributed by atoms with Gasteiger partial charge in [-0.2, -0.15) is 0 Å². The lowest BCUT2D eigenvalue weighted by atomic mass is 9.77. The minimum Gasteiger partial charge on any atom is -0.386 e. The first-order chi connectivity index (χ1) is 5.23. The molecule has 1 heteroatoms. The predicted molar refractivity (Wildman–Crippen MR) is 47.4 cm³/mol. The van der Waals surface area contributed by atoms with E-state index < -0.39 is 5.60 Å². The fourth-order valence-corrected chi connectivity index (χ4v) is 1.93. The fourth-order valence-electron chi connectivity index (χ4n) is 1.93. The van der Waals surface area contributed by atoms with E-state index >= 15 is 0 Å². The molecule has 0 aromatic carbocycles. The lowest BCUT2D eigenvalue weighted by Gasteiger charge is -2.35. The Kier molecular flexibility index (Phi) is 2.72. The molecule has 0 aromatic heterocycles. The first-order valence-corrected chi connectivity index (χ1v) is 4.63. The van der Waals surface area contributed by atoms with Crippen LogP contribution in [0, 0.1) is 5.92 Å². The van der Waals surface area contributed by atoms with E-state index in [0.29, 0.717) is 5.92 Å². The van der Waals surface area contributed by atoms with E-state index in [4.69, 9.17) is 0 Å². The van der Waals surface area contributed by atoms with E-state index in [1.54, 1.807) is 0 Å². The molecule has 0 saturated carbocycles. The topological polar surface area (TPSA) is 20.2 Å². The van der Waals surface area contributed by atoms with Gasteiger partial charge in [0.1, 0.15) is 0 Å². The monoisotopic (exact) mass is 154 g/mol. The van der Waals surface area contributed by atoms with E-state index in [-0.39, 0.29) is 0 Å². The summed E-state index contributed by atoms with van der Waals surface area (Å²) in [7, 11) is 0. The third-order valence-electron chi connectivity index (χ3n) is 2.85. The maximum absolute atomic E-state index is 10.1. The average Bonchev–Trinajstić information content (AvgIpc) is 2.05. The molecule has 0 spiro atoms. The highest BCUT2D eigenvalue weighted by Crippen LogP contribution is 2.33. The van der Waals surface area contributed by atoms with Crippen molar-refractivity contribution in [3.8, 4) is 0 Å². The van der Waals surface area contributed by atoms with Crippen LogP contribution in [0.5, 0.6) is 0 Å². The second kappa shape index (κ2) is 3.40. The molecule has 0 aromatic rings. The van der Waals surface area contributed by atoms with E-state index in [1.807, 2.05) is 6.08 Å². The predicted octanol–water partition coefficient (Wildman–Crippen LogP) is 2.50. The molecule has 0 saturated heterocycles. The first kappa shape index (κ1) is 8.79. The zero-order valence-electron chi connectivity index (χ0n) is 7.51.